The van der Waals surface area contributed by atoms with Gasteiger partial charge in [0.2, 0.25) is 0 Å². The quantitative estimate of drug-likeness (QED) is 0.509. The third-order valence-electron chi connectivity index (χ3n) is 2.58. The van der Waals surface area contributed by atoms with Gasteiger partial charge in [-0.05, 0) is 37.5 Å². The fraction of sp³-hybridized carbons (Fsp3) is 0.727. The highest BCUT2D eigenvalue weighted by atomic mass is 14.3. The van der Waals surface area contributed by atoms with Crippen molar-refractivity contribution in [3.05, 3.63) is 19.1 Å². The Kier molecular flexibility index (Phi) is 3.68. The van der Waals surface area contributed by atoms with Crippen LogP contribution >= 0.6 is 0 Å². The molecule has 0 aromatic heterocycles. The number of rotatable bonds is 6. The summed E-state index contributed by atoms with van der Waals surface area (Å²) in [6, 6.07) is 0. The topological polar surface area (TPSA) is 0 Å². The zero-order chi connectivity index (χ0) is 8.10. The summed E-state index contributed by atoms with van der Waals surface area (Å²) >= 11 is 0. The molecule has 1 aliphatic rings. The molecule has 63 valence electrons. The van der Waals surface area contributed by atoms with Crippen LogP contribution in [0.1, 0.15) is 39.0 Å². The molecular formula is C11H19. The summed E-state index contributed by atoms with van der Waals surface area (Å²) in [6.07, 6.45) is 11.3. The molecule has 2 atom stereocenters. The summed E-state index contributed by atoms with van der Waals surface area (Å²) in [7, 11) is 0. The average molecular weight is 151 g/mol. The van der Waals surface area contributed by atoms with Gasteiger partial charge in [0.15, 0.2) is 0 Å². The Morgan fingerprint density at radius 1 is 1.73 bits per heavy atom. The molecule has 11 heavy (non-hydrogen) atoms. The molecular weight excluding hydrogens is 132 g/mol. The van der Waals surface area contributed by atoms with Gasteiger partial charge in [0.05, 0.1) is 0 Å². The molecule has 0 aliphatic heterocycles. The second kappa shape index (κ2) is 4.58. The SMILES string of the molecule is C=CC(CC)CCCC1[CH]C1. The van der Waals surface area contributed by atoms with Crippen molar-refractivity contribution in [3.63, 3.8) is 0 Å². The fourth-order valence-electron chi connectivity index (χ4n) is 1.46. The lowest BCUT2D eigenvalue weighted by molar-refractivity contribution is 0.518. The molecule has 0 saturated heterocycles. The van der Waals surface area contributed by atoms with Gasteiger partial charge in [-0.3, -0.25) is 0 Å². The molecule has 0 heterocycles. The predicted molar refractivity (Wildman–Crippen MR) is 50.2 cm³/mol. The number of hydrogen-bond acceptors (Lipinski definition) is 0. The van der Waals surface area contributed by atoms with Gasteiger partial charge in [-0.2, -0.15) is 0 Å². The van der Waals surface area contributed by atoms with Gasteiger partial charge in [-0.15, -0.1) is 6.58 Å². The minimum Gasteiger partial charge on any atom is -0.103 e. The molecule has 0 aromatic rings. The highest BCUT2D eigenvalue weighted by Crippen LogP contribution is 2.33. The summed E-state index contributed by atoms with van der Waals surface area (Å²) < 4.78 is 0. The first-order chi connectivity index (χ1) is 5.36. The van der Waals surface area contributed by atoms with Gasteiger partial charge in [0, 0.05) is 0 Å². The van der Waals surface area contributed by atoms with Crippen LogP contribution in [0.5, 0.6) is 0 Å². The van der Waals surface area contributed by atoms with Gasteiger partial charge in [-0.1, -0.05) is 25.8 Å². The molecule has 1 radical (unpaired) electrons. The molecule has 0 N–H and O–H groups in total. The van der Waals surface area contributed by atoms with Crippen LogP contribution < -0.4 is 0 Å². The lowest BCUT2D eigenvalue weighted by Crippen LogP contribution is -1.93. The summed E-state index contributed by atoms with van der Waals surface area (Å²) in [5.74, 6) is 1.76. The van der Waals surface area contributed by atoms with Gasteiger partial charge in [0.25, 0.3) is 0 Å². The molecule has 1 saturated carbocycles. The van der Waals surface area contributed by atoms with Crippen molar-refractivity contribution in [3.8, 4) is 0 Å². The molecule has 0 nitrogen and oxygen atoms in total. The minimum atomic E-state index is 0.772. The van der Waals surface area contributed by atoms with Crippen molar-refractivity contribution in [1.82, 2.24) is 0 Å². The Morgan fingerprint density at radius 3 is 2.91 bits per heavy atom. The van der Waals surface area contributed by atoms with E-state index >= 15 is 0 Å². The van der Waals surface area contributed by atoms with Crippen LogP contribution in [0.3, 0.4) is 0 Å². The highest BCUT2D eigenvalue weighted by Gasteiger charge is 2.20. The van der Waals surface area contributed by atoms with E-state index in [1.807, 2.05) is 0 Å². The van der Waals surface area contributed by atoms with E-state index in [9.17, 15) is 0 Å². The summed E-state index contributed by atoms with van der Waals surface area (Å²) in [5, 5.41) is 0. The first-order valence-corrected chi connectivity index (χ1v) is 4.82. The Bertz CT molecular complexity index is 111. The Morgan fingerprint density at radius 2 is 2.45 bits per heavy atom. The van der Waals surface area contributed by atoms with Gasteiger partial charge < -0.3 is 0 Å². The lowest BCUT2D eigenvalue weighted by atomic mass is 9.99. The van der Waals surface area contributed by atoms with Gasteiger partial charge >= 0.3 is 0 Å². The van der Waals surface area contributed by atoms with Crippen LogP contribution in [0.15, 0.2) is 12.7 Å². The van der Waals surface area contributed by atoms with Crippen molar-refractivity contribution < 1.29 is 0 Å². The Balaban J connectivity index is 1.94. The maximum atomic E-state index is 3.84. The van der Waals surface area contributed by atoms with Crippen molar-refractivity contribution >= 4 is 0 Å². The van der Waals surface area contributed by atoms with E-state index < -0.39 is 0 Å². The largest absolute Gasteiger partial charge is 0.103 e. The number of hydrogen-bond donors (Lipinski definition) is 0. The monoisotopic (exact) mass is 151 g/mol. The summed E-state index contributed by atoms with van der Waals surface area (Å²) in [6.45, 7) is 6.08. The van der Waals surface area contributed by atoms with Gasteiger partial charge in [-0.25, -0.2) is 0 Å². The summed E-state index contributed by atoms with van der Waals surface area (Å²) in [4.78, 5) is 0. The van der Waals surface area contributed by atoms with Crippen LogP contribution in [-0.4, -0.2) is 0 Å². The molecule has 1 aliphatic carbocycles. The van der Waals surface area contributed by atoms with Crippen molar-refractivity contribution in [2.45, 2.75) is 39.0 Å². The lowest BCUT2D eigenvalue weighted by Gasteiger charge is -2.07. The van der Waals surface area contributed by atoms with Crippen LogP contribution in [0, 0.1) is 18.3 Å². The number of allylic oxidation sites excluding steroid dienone is 1. The van der Waals surface area contributed by atoms with E-state index in [4.69, 9.17) is 0 Å². The molecule has 1 fully saturated rings. The van der Waals surface area contributed by atoms with E-state index in [1.54, 1.807) is 0 Å². The van der Waals surface area contributed by atoms with Crippen molar-refractivity contribution in [2.75, 3.05) is 0 Å². The average Bonchev–Trinajstić information content (AvgIpc) is 2.82. The zero-order valence-corrected chi connectivity index (χ0v) is 7.55. The van der Waals surface area contributed by atoms with E-state index in [0.29, 0.717) is 0 Å². The maximum Gasteiger partial charge on any atom is -0.0239 e. The predicted octanol–water partition coefficient (Wildman–Crippen LogP) is 3.59. The van der Waals surface area contributed by atoms with E-state index in [-0.39, 0.29) is 0 Å². The van der Waals surface area contributed by atoms with Crippen LogP contribution in [0.4, 0.5) is 0 Å². The third-order valence-corrected chi connectivity index (χ3v) is 2.58. The first kappa shape index (κ1) is 8.83. The van der Waals surface area contributed by atoms with E-state index in [2.05, 4.69) is 26.0 Å². The van der Waals surface area contributed by atoms with Gasteiger partial charge in [0.1, 0.15) is 0 Å². The normalized spacial score (nSPS) is 19.7. The zero-order valence-electron chi connectivity index (χ0n) is 7.55. The highest BCUT2D eigenvalue weighted by molar-refractivity contribution is 4.94. The fourth-order valence-corrected chi connectivity index (χ4v) is 1.46. The molecule has 0 aromatic carbocycles. The van der Waals surface area contributed by atoms with Crippen molar-refractivity contribution in [1.29, 1.82) is 0 Å². The van der Waals surface area contributed by atoms with Crippen molar-refractivity contribution in [2.24, 2.45) is 11.8 Å². The van der Waals surface area contributed by atoms with Crippen LogP contribution in [-0.2, 0) is 0 Å². The standard InChI is InChI=1S/C11H19/c1-3-10(4-2)6-5-7-11-8-9-11/h3,8,10-11H,1,4-7,9H2,2H3. The Labute approximate surface area is 70.7 Å². The second-order valence-electron chi connectivity index (χ2n) is 3.57. The third kappa shape index (κ3) is 3.60. The first-order valence-electron chi connectivity index (χ1n) is 4.82. The maximum absolute atomic E-state index is 3.84. The minimum absolute atomic E-state index is 0.772. The molecule has 0 amide bonds. The molecule has 1 rings (SSSR count). The van der Waals surface area contributed by atoms with E-state index in [1.165, 1.54) is 32.1 Å². The van der Waals surface area contributed by atoms with Crippen LogP contribution in [0.2, 0.25) is 0 Å². The second-order valence-corrected chi connectivity index (χ2v) is 3.57. The van der Waals surface area contributed by atoms with Crippen LogP contribution in [0.25, 0.3) is 0 Å². The molecule has 0 spiro atoms. The summed E-state index contributed by atoms with van der Waals surface area (Å²) in [5.41, 5.74) is 0. The smallest absolute Gasteiger partial charge is 0.0239 e. The van der Waals surface area contributed by atoms with E-state index in [0.717, 1.165) is 11.8 Å². The molecule has 0 heteroatoms. The Hall–Kier alpha value is -0.260. The molecule has 0 bridgehead atoms. The molecule has 2 unspecified atom stereocenters.